The number of rotatable bonds is 4. The maximum Gasteiger partial charge on any atom is 0.0386 e. The van der Waals surface area contributed by atoms with E-state index in [4.69, 9.17) is 0 Å². The Morgan fingerprint density at radius 1 is 1.26 bits per heavy atom. The fourth-order valence-corrected chi connectivity index (χ4v) is 2.59. The number of nitrogens with zero attached hydrogens (tertiary/aromatic N) is 1. The van der Waals surface area contributed by atoms with E-state index in [2.05, 4.69) is 48.0 Å². The van der Waals surface area contributed by atoms with E-state index in [0.29, 0.717) is 6.04 Å². The predicted molar refractivity (Wildman–Crippen MR) is 87.7 cm³/mol. The summed E-state index contributed by atoms with van der Waals surface area (Å²) in [5, 5.41) is 3.41. The van der Waals surface area contributed by atoms with Gasteiger partial charge in [0.1, 0.15) is 0 Å². The average molecular weight is 303 g/mol. The monoisotopic (exact) mass is 302 g/mol. The van der Waals surface area contributed by atoms with Crippen LogP contribution in [0.2, 0.25) is 0 Å². The lowest BCUT2D eigenvalue weighted by Gasteiger charge is -2.35. The maximum atomic E-state index is 3.91. The first-order valence-corrected chi connectivity index (χ1v) is 6.44. The molecule has 1 heterocycles. The van der Waals surface area contributed by atoms with Crippen LogP contribution in [-0.2, 0) is 0 Å². The fourth-order valence-electron chi connectivity index (χ4n) is 2.59. The minimum Gasteiger partial charge on any atom is -0.314 e. The van der Waals surface area contributed by atoms with Crippen molar-refractivity contribution in [3.8, 4) is 0 Å². The van der Waals surface area contributed by atoms with Gasteiger partial charge in [0.05, 0.1) is 0 Å². The summed E-state index contributed by atoms with van der Waals surface area (Å²) in [4.78, 5) is 2.57. The summed E-state index contributed by atoms with van der Waals surface area (Å²) in [5.41, 5.74) is 2.84. The van der Waals surface area contributed by atoms with Gasteiger partial charge in [0, 0.05) is 32.2 Å². The second-order valence-corrected chi connectivity index (χ2v) is 4.68. The van der Waals surface area contributed by atoms with Crippen LogP contribution < -0.4 is 5.32 Å². The van der Waals surface area contributed by atoms with Crippen molar-refractivity contribution >= 4 is 24.8 Å². The van der Waals surface area contributed by atoms with E-state index in [1.54, 1.807) is 0 Å². The first-order chi connectivity index (χ1) is 8.33. The van der Waals surface area contributed by atoms with Crippen LogP contribution >= 0.6 is 24.8 Å². The normalized spacial score (nSPS) is 16.9. The molecule has 0 bridgehead atoms. The lowest BCUT2D eigenvalue weighted by atomic mass is 9.97. The van der Waals surface area contributed by atoms with Crippen LogP contribution in [0.3, 0.4) is 0 Å². The lowest BCUT2D eigenvalue weighted by molar-refractivity contribution is 0.174. The zero-order chi connectivity index (χ0) is 12.1. The van der Waals surface area contributed by atoms with Gasteiger partial charge in [0.25, 0.3) is 0 Å². The largest absolute Gasteiger partial charge is 0.314 e. The van der Waals surface area contributed by atoms with Gasteiger partial charge in [0.15, 0.2) is 0 Å². The number of aryl methyl sites for hydroxylation is 1. The van der Waals surface area contributed by atoms with Crippen LogP contribution in [0.15, 0.2) is 36.9 Å². The Labute approximate surface area is 129 Å². The van der Waals surface area contributed by atoms with Crippen molar-refractivity contribution in [1.82, 2.24) is 10.2 Å². The van der Waals surface area contributed by atoms with Gasteiger partial charge in [-0.2, -0.15) is 0 Å². The Hall–Kier alpha value is -0.540. The lowest BCUT2D eigenvalue weighted by Crippen LogP contribution is -2.45. The Bertz CT molecular complexity index is 376. The highest BCUT2D eigenvalue weighted by molar-refractivity contribution is 5.85. The van der Waals surface area contributed by atoms with E-state index in [-0.39, 0.29) is 24.8 Å². The topological polar surface area (TPSA) is 15.3 Å². The molecule has 1 aliphatic heterocycles. The SMILES string of the molecule is C=CC[C@H](c1ccccc1C)N1CCNCC1.Cl.Cl. The summed E-state index contributed by atoms with van der Waals surface area (Å²) in [6.45, 7) is 10.6. The van der Waals surface area contributed by atoms with Gasteiger partial charge in [-0.05, 0) is 24.5 Å². The van der Waals surface area contributed by atoms with Crippen LogP contribution in [0.4, 0.5) is 0 Å². The third-order valence-corrected chi connectivity index (χ3v) is 3.53. The molecule has 4 heteroatoms. The fraction of sp³-hybridized carbons (Fsp3) is 0.467. The Kier molecular flexibility index (Phi) is 9.11. The molecule has 1 saturated heterocycles. The zero-order valence-electron chi connectivity index (χ0n) is 11.5. The summed E-state index contributed by atoms with van der Waals surface area (Å²) in [7, 11) is 0. The first-order valence-electron chi connectivity index (χ1n) is 6.44. The van der Waals surface area contributed by atoms with Crippen molar-refractivity contribution in [2.24, 2.45) is 0 Å². The Morgan fingerprint density at radius 3 is 2.47 bits per heavy atom. The van der Waals surface area contributed by atoms with Gasteiger partial charge in [0.2, 0.25) is 0 Å². The van der Waals surface area contributed by atoms with Gasteiger partial charge in [-0.15, -0.1) is 31.4 Å². The minimum absolute atomic E-state index is 0. The smallest absolute Gasteiger partial charge is 0.0386 e. The maximum absolute atomic E-state index is 3.91. The van der Waals surface area contributed by atoms with Crippen LogP contribution in [0.1, 0.15) is 23.6 Å². The summed E-state index contributed by atoms with van der Waals surface area (Å²) < 4.78 is 0. The van der Waals surface area contributed by atoms with Crippen molar-refractivity contribution < 1.29 is 0 Å². The molecule has 0 amide bonds. The Balaban J connectivity index is 0.00000162. The molecule has 0 unspecified atom stereocenters. The Morgan fingerprint density at radius 2 is 1.89 bits per heavy atom. The van der Waals surface area contributed by atoms with Crippen molar-refractivity contribution in [2.45, 2.75) is 19.4 Å². The van der Waals surface area contributed by atoms with Crippen molar-refractivity contribution in [1.29, 1.82) is 0 Å². The molecular weight excluding hydrogens is 279 g/mol. The molecule has 2 rings (SSSR count). The van der Waals surface area contributed by atoms with Crippen LogP contribution in [0.5, 0.6) is 0 Å². The summed E-state index contributed by atoms with van der Waals surface area (Å²) in [6.07, 6.45) is 3.07. The highest BCUT2D eigenvalue weighted by Gasteiger charge is 2.21. The number of hydrogen-bond donors (Lipinski definition) is 1. The molecule has 0 aromatic heterocycles. The second-order valence-electron chi connectivity index (χ2n) is 4.68. The summed E-state index contributed by atoms with van der Waals surface area (Å²) >= 11 is 0. The molecule has 1 aliphatic rings. The van der Waals surface area contributed by atoms with E-state index in [0.717, 1.165) is 32.6 Å². The van der Waals surface area contributed by atoms with E-state index in [1.807, 2.05) is 6.08 Å². The molecule has 1 fully saturated rings. The van der Waals surface area contributed by atoms with Crippen molar-refractivity contribution in [3.05, 3.63) is 48.0 Å². The van der Waals surface area contributed by atoms with Crippen LogP contribution in [0, 0.1) is 6.92 Å². The van der Waals surface area contributed by atoms with E-state index in [9.17, 15) is 0 Å². The van der Waals surface area contributed by atoms with Gasteiger partial charge in [-0.3, -0.25) is 4.90 Å². The van der Waals surface area contributed by atoms with Gasteiger partial charge in [-0.25, -0.2) is 0 Å². The second kappa shape index (κ2) is 9.38. The third-order valence-electron chi connectivity index (χ3n) is 3.53. The molecule has 0 radical (unpaired) electrons. The van der Waals surface area contributed by atoms with Crippen molar-refractivity contribution in [3.63, 3.8) is 0 Å². The molecule has 1 aromatic rings. The zero-order valence-corrected chi connectivity index (χ0v) is 13.1. The van der Waals surface area contributed by atoms with Gasteiger partial charge in [-0.1, -0.05) is 30.3 Å². The van der Waals surface area contributed by atoms with E-state index < -0.39 is 0 Å². The highest BCUT2D eigenvalue weighted by Crippen LogP contribution is 2.27. The number of nitrogens with one attached hydrogen (secondary N) is 1. The van der Waals surface area contributed by atoms with Gasteiger partial charge >= 0.3 is 0 Å². The van der Waals surface area contributed by atoms with E-state index >= 15 is 0 Å². The molecule has 0 aliphatic carbocycles. The summed E-state index contributed by atoms with van der Waals surface area (Å²) in [5.74, 6) is 0. The third kappa shape index (κ3) is 4.81. The van der Waals surface area contributed by atoms with Gasteiger partial charge < -0.3 is 5.32 Å². The number of halogens is 2. The number of hydrogen-bond acceptors (Lipinski definition) is 2. The molecule has 1 atom stereocenters. The molecular formula is C15H24Cl2N2. The average Bonchev–Trinajstić information content (AvgIpc) is 2.38. The molecule has 1 aromatic carbocycles. The van der Waals surface area contributed by atoms with Crippen molar-refractivity contribution in [2.75, 3.05) is 26.2 Å². The number of piperazine rings is 1. The molecule has 19 heavy (non-hydrogen) atoms. The summed E-state index contributed by atoms with van der Waals surface area (Å²) in [6, 6.07) is 9.21. The molecule has 2 nitrogen and oxygen atoms in total. The first kappa shape index (κ1) is 18.5. The molecule has 0 saturated carbocycles. The molecule has 1 N–H and O–H groups in total. The van der Waals surface area contributed by atoms with E-state index in [1.165, 1.54) is 11.1 Å². The quantitative estimate of drug-likeness (QED) is 0.858. The standard InChI is InChI=1S/C15H22N2.2ClH/c1-3-6-15(17-11-9-16-10-12-17)14-8-5-4-7-13(14)2;;/h3-5,7-8,15-16H,1,6,9-12H2,2H3;2*1H/t15-;;/m1../s1. The van der Waals surface area contributed by atoms with Crippen LogP contribution in [0.25, 0.3) is 0 Å². The van der Waals surface area contributed by atoms with Crippen LogP contribution in [-0.4, -0.2) is 31.1 Å². The molecule has 108 valence electrons. The highest BCUT2D eigenvalue weighted by atomic mass is 35.5. The molecule has 0 spiro atoms. The predicted octanol–water partition coefficient (Wildman–Crippen LogP) is 3.36. The minimum atomic E-state index is 0. The number of benzene rings is 1.